The topological polar surface area (TPSA) is 107 Å². The lowest BCUT2D eigenvalue weighted by Gasteiger charge is -2.29. The number of aromatic hydroxyl groups is 1. The van der Waals surface area contributed by atoms with Crippen molar-refractivity contribution in [2.45, 2.75) is 25.9 Å². The first-order chi connectivity index (χ1) is 14.7. The van der Waals surface area contributed by atoms with Crippen molar-refractivity contribution in [2.24, 2.45) is 0 Å². The van der Waals surface area contributed by atoms with Crippen molar-refractivity contribution in [1.82, 2.24) is 10.2 Å². The molecular formula is C22H20Cl2N2O5. The molecule has 162 valence electrons. The molecule has 1 aliphatic rings. The zero-order valence-corrected chi connectivity index (χ0v) is 18.1. The lowest BCUT2D eigenvalue weighted by Crippen LogP contribution is -2.39. The van der Waals surface area contributed by atoms with E-state index in [9.17, 15) is 19.5 Å². The highest BCUT2D eigenvalue weighted by Gasteiger charge is 2.27. The number of carbonyl (C=O) groups excluding carboxylic acids is 2. The van der Waals surface area contributed by atoms with Gasteiger partial charge in [-0.15, -0.1) is 0 Å². The van der Waals surface area contributed by atoms with Gasteiger partial charge in [0.25, 0.3) is 5.91 Å². The summed E-state index contributed by atoms with van der Waals surface area (Å²) in [5.74, 6) is -2.00. The van der Waals surface area contributed by atoms with Gasteiger partial charge in [-0.25, -0.2) is 0 Å². The lowest BCUT2D eigenvalue weighted by atomic mass is 9.96. The molecule has 0 saturated carbocycles. The Morgan fingerprint density at radius 2 is 1.94 bits per heavy atom. The van der Waals surface area contributed by atoms with Crippen molar-refractivity contribution in [1.29, 1.82) is 0 Å². The summed E-state index contributed by atoms with van der Waals surface area (Å²) in [6.07, 6.45) is 3.35. The molecule has 0 fully saturated rings. The lowest BCUT2D eigenvalue weighted by molar-refractivity contribution is -0.138. The van der Waals surface area contributed by atoms with Crippen LogP contribution in [0.1, 0.15) is 34.0 Å². The summed E-state index contributed by atoms with van der Waals surface area (Å²) in [7, 11) is 0. The predicted octanol–water partition coefficient (Wildman–Crippen LogP) is 3.50. The van der Waals surface area contributed by atoms with Crippen molar-refractivity contribution in [3.05, 3.63) is 68.7 Å². The van der Waals surface area contributed by atoms with E-state index in [0.29, 0.717) is 29.7 Å². The molecular weight excluding hydrogens is 443 g/mol. The van der Waals surface area contributed by atoms with E-state index in [1.807, 2.05) is 0 Å². The van der Waals surface area contributed by atoms with E-state index in [-0.39, 0.29) is 33.8 Å². The molecule has 0 aliphatic carbocycles. The number of phenolic OH excluding ortho intramolecular Hbond substituents is 1. The molecule has 9 heteroatoms. The molecule has 0 aromatic heterocycles. The summed E-state index contributed by atoms with van der Waals surface area (Å²) >= 11 is 12.7. The second kappa shape index (κ2) is 9.41. The number of rotatable bonds is 5. The van der Waals surface area contributed by atoms with Gasteiger partial charge >= 0.3 is 5.97 Å². The van der Waals surface area contributed by atoms with Gasteiger partial charge in [0.2, 0.25) is 5.91 Å². The molecule has 2 amide bonds. The predicted molar refractivity (Wildman–Crippen MR) is 117 cm³/mol. The average Bonchev–Trinajstić information content (AvgIpc) is 2.72. The summed E-state index contributed by atoms with van der Waals surface area (Å²) in [6.45, 7) is 1.98. The van der Waals surface area contributed by atoms with Crippen molar-refractivity contribution >= 4 is 47.1 Å². The van der Waals surface area contributed by atoms with Crippen LogP contribution >= 0.6 is 23.2 Å². The van der Waals surface area contributed by atoms with E-state index in [0.717, 1.165) is 0 Å². The number of para-hydroxylation sites is 1. The Hall–Kier alpha value is -3.03. The molecule has 0 radical (unpaired) electrons. The number of carboxylic acid groups (broad SMARTS) is 1. The van der Waals surface area contributed by atoms with Gasteiger partial charge in [-0.05, 0) is 42.7 Å². The molecule has 0 saturated heterocycles. The van der Waals surface area contributed by atoms with Crippen LogP contribution in [0.2, 0.25) is 10.0 Å². The fourth-order valence-corrected chi connectivity index (χ4v) is 4.04. The van der Waals surface area contributed by atoms with Gasteiger partial charge < -0.3 is 20.4 Å². The third kappa shape index (κ3) is 5.00. The van der Waals surface area contributed by atoms with Crippen LogP contribution in [0.3, 0.4) is 0 Å². The number of carboxylic acids is 1. The van der Waals surface area contributed by atoms with E-state index < -0.39 is 17.9 Å². The Balaban J connectivity index is 1.79. The minimum atomic E-state index is -1.18. The Kier molecular flexibility index (Phi) is 6.87. The highest BCUT2D eigenvalue weighted by molar-refractivity contribution is 6.40. The molecule has 0 bridgehead atoms. The van der Waals surface area contributed by atoms with Gasteiger partial charge in [0.05, 0.1) is 15.6 Å². The van der Waals surface area contributed by atoms with Gasteiger partial charge in [0.1, 0.15) is 11.8 Å². The van der Waals surface area contributed by atoms with E-state index in [1.54, 1.807) is 35.2 Å². The van der Waals surface area contributed by atoms with Crippen molar-refractivity contribution in [3.8, 4) is 5.75 Å². The smallest absolute Gasteiger partial charge is 0.325 e. The van der Waals surface area contributed by atoms with Gasteiger partial charge in [0, 0.05) is 24.7 Å². The Morgan fingerprint density at radius 3 is 2.61 bits per heavy atom. The van der Waals surface area contributed by atoms with Crippen LogP contribution in [-0.2, 0) is 22.6 Å². The highest BCUT2D eigenvalue weighted by Crippen LogP contribution is 2.34. The van der Waals surface area contributed by atoms with E-state index in [4.69, 9.17) is 28.3 Å². The van der Waals surface area contributed by atoms with Gasteiger partial charge in [-0.2, -0.15) is 0 Å². The second-order valence-corrected chi connectivity index (χ2v) is 7.91. The van der Waals surface area contributed by atoms with E-state index in [1.165, 1.54) is 19.1 Å². The molecule has 0 unspecified atom stereocenters. The van der Waals surface area contributed by atoms with Crippen LogP contribution in [0.4, 0.5) is 0 Å². The van der Waals surface area contributed by atoms with E-state index in [2.05, 4.69) is 5.32 Å². The number of hydrogen-bond donors (Lipinski definition) is 3. The fraction of sp³-hybridized carbons (Fsp3) is 0.227. The van der Waals surface area contributed by atoms with Crippen LogP contribution < -0.4 is 5.32 Å². The van der Waals surface area contributed by atoms with Crippen LogP contribution in [0.5, 0.6) is 5.75 Å². The number of halogens is 2. The molecule has 1 atom stereocenters. The number of hydrogen-bond acceptors (Lipinski definition) is 4. The summed E-state index contributed by atoms with van der Waals surface area (Å²) in [5, 5.41) is 21.4. The normalized spacial score (nSPS) is 14.2. The maximum atomic E-state index is 12.6. The number of aliphatic carboxylic acids is 1. The SMILES string of the molecule is C[C@H](NC(=O)c1c(Cl)cc2c(c1Cl)CCN(C(=O)/C=C/c1ccccc1O)C2)C(=O)O. The molecule has 0 spiro atoms. The number of fused-ring (bicyclic) bond motifs is 1. The summed E-state index contributed by atoms with van der Waals surface area (Å²) < 4.78 is 0. The molecule has 31 heavy (non-hydrogen) atoms. The monoisotopic (exact) mass is 462 g/mol. The Labute approximate surface area is 188 Å². The number of phenols is 1. The van der Waals surface area contributed by atoms with E-state index >= 15 is 0 Å². The quantitative estimate of drug-likeness (QED) is 0.589. The average molecular weight is 463 g/mol. The molecule has 1 heterocycles. The molecule has 3 N–H and O–H groups in total. The van der Waals surface area contributed by atoms with Gasteiger partial charge in [-0.3, -0.25) is 14.4 Å². The summed E-state index contributed by atoms with van der Waals surface area (Å²) in [4.78, 5) is 37.7. The number of nitrogens with zero attached hydrogens (tertiary/aromatic N) is 1. The minimum Gasteiger partial charge on any atom is -0.507 e. The number of benzene rings is 2. The first-order valence-corrected chi connectivity index (χ1v) is 10.2. The van der Waals surface area contributed by atoms with Gasteiger partial charge in [0.15, 0.2) is 0 Å². The zero-order valence-electron chi connectivity index (χ0n) is 16.6. The van der Waals surface area contributed by atoms with Gasteiger partial charge in [-0.1, -0.05) is 41.4 Å². The molecule has 1 aliphatic heterocycles. The van der Waals surface area contributed by atoms with Crippen LogP contribution in [0.15, 0.2) is 36.4 Å². The Morgan fingerprint density at radius 1 is 1.23 bits per heavy atom. The maximum absolute atomic E-state index is 12.6. The fourth-order valence-electron chi connectivity index (χ4n) is 3.27. The molecule has 7 nitrogen and oxygen atoms in total. The zero-order chi connectivity index (χ0) is 22.7. The molecule has 2 aromatic rings. The minimum absolute atomic E-state index is 0.0226. The maximum Gasteiger partial charge on any atom is 0.325 e. The Bertz CT molecular complexity index is 1080. The first kappa shape index (κ1) is 22.7. The number of nitrogens with one attached hydrogen (secondary N) is 1. The second-order valence-electron chi connectivity index (χ2n) is 7.12. The third-order valence-corrected chi connectivity index (χ3v) is 5.72. The van der Waals surface area contributed by atoms with Crippen molar-refractivity contribution in [3.63, 3.8) is 0 Å². The van der Waals surface area contributed by atoms with Crippen molar-refractivity contribution in [2.75, 3.05) is 6.54 Å². The first-order valence-electron chi connectivity index (χ1n) is 9.47. The summed E-state index contributed by atoms with van der Waals surface area (Å²) in [6, 6.07) is 7.17. The van der Waals surface area contributed by atoms with Crippen molar-refractivity contribution < 1.29 is 24.6 Å². The van der Waals surface area contributed by atoms with Crippen LogP contribution in [0.25, 0.3) is 6.08 Å². The third-order valence-electron chi connectivity index (χ3n) is 5.00. The van der Waals surface area contributed by atoms with Crippen LogP contribution in [-0.4, -0.2) is 45.5 Å². The number of carbonyl (C=O) groups is 3. The number of amides is 2. The summed E-state index contributed by atoms with van der Waals surface area (Å²) in [5.41, 5.74) is 1.97. The van der Waals surface area contributed by atoms with Crippen LogP contribution in [0, 0.1) is 0 Å². The standard InChI is InChI=1S/C22H20Cl2N2O5/c1-12(22(30)31)25-21(29)19-16(23)10-14-11-26(9-8-15(14)20(19)24)18(28)7-6-13-4-2-3-5-17(13)27/h2-7,10,12,27H,8-9,11H2,1H3,(H,25,29)(H,30,31)/b7-6+/t12-/m0/s1. The largest absolute Gasteiger partial charge is 0.507 e. The molecule has 3 rings (SSSR count). The molecule has 2 aromatic carbocycles. The highest BCUT2D eigenvalue weighted by atomic mass is 35.5.